The number of phenolic OH excluding ortho intramolecular Hbond substituents is 1. The van der Waals surface area contributed by atoms with Crippen molar-refractivity contribution in [1.29, 1.82) is 0 Å². The lowest BCUT2D eigenvalue weighted by Crippen LogP contribution is -2.49. The first-order chi connectivity index (χ1) is 15.7. The van der Waals surface area contributed by atoms with Crippen molar-refractivity contribution in [3.05, 3.63) is 23.8 Å². The number of anilines is 1. The maximum absolute atomic E-state index is 12.8. The Kier molecular flexibility index (Phi) is 9.19. The third kappa shape index (κ3) is 6.67. The Balaban J connectivity index is 2.27. The Labute approximate surface area is 190 Å². The first-order valence-electron chi connectivity index (χ1n) is 10.6. The number of ether oxygens (including phenoxy) is 3. The van der Waals surface area contributed by atoms with Crippen LogP contribution < -0.4 is 10.6 Å². The lowest BCUT2D eigenvalue weighted by molar-refractivity contribution is -0.166. The van der Waals surface area contributed by atoms with Gasteiger partial charge in [0.1, 0.15) is 18.8 Å². The first-order valence-corrected chi connectivity index (χ1v) is 10.6. The van der Waals surface area contributed by atoms with Crippen LogP contribution in [0.4, 0.5) is 5.69 Å². The van der Waals surface area contributed by atoms with Crippen LogP contribution in [0.3, 0.4) is 0 Å². The van der Waals surface area contributed by atoms with Gasteiger partial charge in [-0.15, -0.1) is 0 Å². The van der Waals surface area contributed by atoms with Crippen LogP contribution >= 0.6 is 0 Å². The summed E-state index contributed by atoms with van der Waals surface area (Å²) in [4.78, 5) is 60.5. The van der Waals surface area contributed by atoms with E-state index in [1.54, 1.807) is 0 Å². The summed E-state index contributed by atoms with van der Waals surface area (Å²) in [5.74, 6) is -4.42. The zero-order chi connectivity index (χ0) is 24.5. The predicted molar refractivity (Wildman–Crippen MR) is 114 cm³/mol. The molecule has 0 spiro atoms. The highest BCUT2D eigenvalue weighted by Gasteiger charge is 2.40. The molecule has 1 fully saturated rings. The molecule has 1 aromatic rings. The fraction of sp³-hybridized carbons (Fsp3) is 0.500. The Bertz CT molecular complexity index is 902. The van der Waals surface area contributed by atoms with Crippen LogP contribution in [0.15, 0.2) is 18.2 Å². The second-order valence-corrected chi connectivity index (χ2v) is 7.58. The van der Waals surface area contributed by atoms with E-state index in [0.717, 1.165) is 6.42 Å². The summed E-state index contributed by atoms with van der Waals surface area (Å²) in [6.45, 7) is 4.15. The van der Waals surface area contributed by atoms with Crippen molar-refractivity contribution < 1.29 is 43.3 Å². The zero-order valence-corrected chi connectivity index (χ0v) is 18.7. The van der Waals surface area contributed by atoms with E-state index in [9.17, 15) is 29.1 Å². The molecule has 0 radical (unpaired) electrons. The van der Waals surface area contributed by atoms with Gasteiger partial charge in [-0.1, -0.05) is 25.8 Å². The topological polar surface area (TPSA) is 157 Å². The number of benzene rings is 1. The highest BCUT2D eigenvalue weighted by molar-refractivity contribution is 6.01. The average Bonchev–Trinajstić information content (AvgIpc) is 2.79. The molecule has 11 nitrogen and oxygen atoms in total. The van der Waals surface area contributed by atoms with Gasteiger partial charge in [0.2, 0.25) is 6.41 Å². The first kappa shape index (κ1) is 25.6. The van der Waals surface area contributed by atoms with Gasteiger partial charge >= 0.3 is 17.9 Å². The molecule has 2 amide bonds. The van der Waals surface area contributed by atoms with E-state index in [4.69, 9.17) is 14.2 Å². The van der Waals surface area contributed by atoms with Gasteiger partial charge in [0.15, 0.2) is 11.8 Å². The van der Waals surface area contributed by atoms with Crippen molar-refractivity contribution in [2.45, 2.75) is 58.3 Å². The van der Waals surface area contributed by atoms with E-state index in [0.29, 0.717) is 19.3 Å². The lowest BCUT2D eigenvalue weighted by atomic mass is 9.96. The molecule has 1 aromatic carbocycles. The summed E-state index contributed by atoms with van der Waals surface area (Å²) in [6, 6.07) is 2.69. The smallest absolute Gasteiger partial charge is 0.332 e. The second-order valence-electron chi connectivity index (χ2n) is 7.58. The number of para-hydroxylation sites is 1. The highest BCUT2D eigenvalue weighted by atomic mass is 16.6. The maximum Gasteiger partial charge on any atom is 0.332 e. The number of amides is 2. The number of hydrogen-bond acceptors (Lipinski definition) is 9. The second kappa shape index (κ2) is 11.8. The molecular weight excluding hydrogens is 436 g/mol. The SMILES string of the molecule is CCCCC1C(=O)OC(C)C(NC(=O)c2cccc(NC=O)c2O)C(=O)OCC1OC(C)=O. The standard InChI is InChI=1S/C22H28N2O9/c1-4-5-7-14-17(33-13(3)26)10-31-22(30)18(12(2)32-21(14)29)24-20(28)15-8-6-9-16(19(15)27)23-11-25/h6,8-9,11-12,14,17-18,27H,4-5,7,10H2,1-3H3,(H,23,25)(H,24,28). The summed E-state index contributed by atoms with van der Waals surface area (Å²) in [5, 5.41) is 14.9. The van der Waals surface area contributed by atoms with Gasteiger partial charge in [0.25, 0.3) is 5.91 Å². The third-order valence-corrected chi connectivity index (χ3v) is 5.13. The number of cyclic esters (lactones) is 2. The molecule has 1 saturated heterocycles. The molecule has 0 aromatic heterocycles. The molecule has 1 aliphatic rings. The number of carbonyl (C=O) groups excluding carboxylic acids is 5. The molecule has 1 aliphatic heterocycles. The van der Waals surface area contributed by atoms with Crippen molar-refractivity contribution in [2.75, 3.05) is 11.9 Å². The quantitative estimate of drug-likeness (QED) is 0.223. The number of unbranched alkanes of at least 4 members (excludes halogenated alkanes) is 1. The monoisotopic (exact) mass is 464 g/mol. The number of phenols is 1. The van der Waals surface area contributed by atoms with Gasteiger partial charge in [-0.3, -0.25) is 19.2 Å². The minimum Gasteiger partial charge on any atom is -0.505 e. The summed E-state index contributed by atoms with van der Waals surface area (Å²) >= 11 is 0. The molecule has 0 saturated carbocycles. The Morgan fingerprint density at radius 3 is 2.64 bits per heavy atom. The van der Waals surface area contributed by atoms with Crippen molar-refractivity contribution in [3.63, 3.8) is 0 Å². The van der Waals surface area contributed by atoms with E-state index in [-0.39, 0.29) is 17.9 Å². The summed E-state index contributed by atoms with van der Waals surface area (Å²) in [5.41, 5.74) is -0.219. The molecular formula is C22H28N2O9. The molecule has 0 bridgehead atoms. The van der Waals surface area contributed by atoms with E-state index in [1.807, 2.05) is 6.92 Å². The zero-order valence-electron chi connectivity index (χ0n) is 18.7. The van der Waals surface area contributed by atoms with Gasteiger partial charge in [-0.2, -0.15) is 0 Å². The van der Waals surface area contributed by atoms with Gasteiger partial charge in [-0.05, 0) is 25.5 Å². The van der Waals surface area contributed by atoms with Crippen molar-refractivity contribution >= 4 is 35.9 Å². The summed E-state index contributed by atoms with van der Waals surface area (Å²) in [6.07, 6.45) is -0.00676. The minimum atomic E-state index is -1.40. The van der Waals surface area contributed by atoms with Crippen LogP contribution in [0, 0.1) is 5.92 Å². The summed E-state index contributed by atoms with van der Waals surface area (Å²) in [7, 11) is 0. The summed E-state index contributed by atoms with van der Waals surface area (Å²) < 4.78 is 15.9. The number of rotatable bonds is 8. The average molecular weight is 464 g/mol. The van der Waals surface area contributed by atoms with Gasteiger partial charge < -0.3 is 30.0 Å². The van der Waals surface area contributed by atoms with E-state index in [1.165, 1.54) is 32.0 Å². The number of esters is 3. The van der Waals surface area contributed by atoms with Crippen molar-refractivity contribution in [1.82, 2.24) is 5.32 Å². The van der Waals surface area contributed by atoms with Crippen LogP contribution in [0.5, 0.6) is 5.75 Å². The number of hydrogen-bond donors (Lipinski definition) is 3. The molecule has 1 heterocycles. The molecule has 0 aliphatic carbocycles. The fourth-order valence-corrected chi connectivity index (χ4v) is 3.41. The van der Waals surface area contributed by atoms with Crippen molar-refractivity contribution in [2.24, 2.45) is 5.92 Å². The molecule has 4 atom stereocenters. The van der Waals surface area contributed by atoms with E-state index < -0.39 is 53.7 Å². The van der Waals surface area contributed by atoms with Gasteiger partial charge in [0.05, 0.1) is 17.2 Å². The third-order valence-electron chi connectivity index (χ3n) is 5.13. The number of nitrogens with one attached hydrogen (secondary N) is 2. The van der Waals surface area contributed by atoms with Crippen LogP contribution in [0.1, 0.15) is 50.4 Å². The molecule has 2 rings (SSSR count). The lowest BCUT2D eigenvalue weighted by Gasteiger charge is -2.25. The maximum atomic E-state index is 12.8. The van der Waals surface area contributed by atoms with Gasteiger partial charge in [0, 0.05) is 6.92 Å². The molecule has 3 N–H and O–H groups in total. The fourth-order valence-electron chi connectivity index (χ4n) is 3.41. The Morgan fingerprint density at radius 2 is 2.00 bits per heavy atom. The van der Waals surface area contributed by atoms with Crippen molar-refractivity contribution in [3.8, 4) is 5.75 Å². The molecule has 33 heavy (non-hydrogen) atoms. The highest BCUT2D eigenvalue weighted by Crippen LogP contribution is 2.27. The van der Waals surface area contributed by atoms with Gasteiger partial charge in [-0.25, -0.2) is 4.79 Å². The largest absolute Gasteiger partial charge is 0.505 e. The van der Waals surface area contributed by atoms with Crippen LogP contribution in [-0.4, -0.2) is 60.2 Å². The van der Waals surface area contributed by atoms with E-state index in [2.05, 4.69) is 10.6 Å². The number of carbonyl (C=O) groups is 5. The Hall–Kier alpha value is -3.63. The molecule has 180 valence electrons. The number of aromatic hydroxyl groups is 1. The predicted octanol–water partition coefficient (Wildman–Crippen LogP) is 1.29. The normalized spacial score (nSPS) is 23.1. The van der Waals surface area contributed by atoms with E-state index >= 15 is 0 Å². The van der Waals surface area contributed by atoms with Crippen LogP contribution in [0.25, 0.3) is 0 Å². The Morgan fingerprint density at radius 1 is 1.27 bits per heavy atom. The minimum absolute atomic E-state index is 0.00263. The van der Waals surface area contributed by atoms with Crippen LogP contribution in [0.2, 0.25) is 0 Å². The molecule has 11 heteroatoms. The van der Waals surface area contributed by atoms with Crippen LogP contribution in [-0.2, 0) is 33.4 Å². The molecule has 4 unspecified atom stereocenters.